The van der Waals surface area contributed by atoms with Crippen molar-refractivity contribution in [3.63, 3.8) is 0 Å². The van der Waals surface area contributed by atoms with Crippen LogP contribution in [-0.4, -0.2) is 47.5 Å². The molecule has 1 aliphatic rings. The van der Waals surface area contributed by atoms with Crippen molar-refractivity contribution < 1.29 is 9.84 Å². The Balaban J connectivity index is 2.09. The Labute approximate surface area is 128 Å². The fourth-order valence-electron chi connectivity index (χ4n) is 2.41. The third-order valence-electron chi connectivity index (χ3n) is 3.55. The minimum atomic E-state index is -0.685. The Kier molecular flexibility index (Phi) is 5.35. The number of aliphatic hydroxyl groups is 1. The highest BCUT2D eigenvalue weighted by atomic mass is 79.9. The van der Waals surface area contributed by atoms with Gasteiger partial charge in [-0.25, -0.2) is 9.97 Å². The molecular formula is C14H22BrN3O2. The lowest BCUT2D eigenvalue weighted by Gasteiger charge is -2.35. The summed E-state index contributed by atoms with van der Waals surface area (Å²) in [5.74, 6) is 1.68. The van der Waals surface area contributed by atoms with Gasteiger partial charge in [0.25, 0.3) is 0 Å². The topological polar surface area (TPSA) is 58.5 Å². The SMILES string of the molecule is CCCc1nc(Br)cc(N(C)CC2(O)CCOCC2)n1. The quantitative estimate of drug-likeness (QED) is 0.830. The fraction of sp³-hybridized carbons (Fsp3) is 0.714. The predicted molar refractivity (Wildman–Crippen MR) is 82.0 cm³/mol. The normalized spacial score (nSPS) is 18.0. The van der Waals surface area contributed by atoms with Crippen LogP contribution in [0.15, 0.2) is 10.7 Å². The van der Waals surface area contributed by atoms with E-state index in [1.165, 1.54) is 0 Å². The lowest BCUT2D eigenvalue weighted by atomic mass is 9.94. The smallest absolute Gasteiger partial charge is 0.133 e. The summed E-state index contributed by atoms with van der Waals surface area (Å²) in [7, 11) is 1.96. The Morgan fingerprint density at radius 2 is 2.10 bits per heavy atom. The highest BCUT2D eigenvalue weighted by Crippen LogP contribution is 2.24. The molecule has 0 aliphatic carbocycles. The van der Waals surface area contributed by atoms with E-state index in [0.29, 0.717) is 32.6 Å². The zero-order valence-corrected chi connectivity index (χ0v) is 13.7. The molecule has 5 nitrogen and oxygen atoms in total. The van der Waals surface area contributed by atoms with Crippen LogP contribution in [0.2, 0.25) is 0 Å². The van der Waals surface area contributed by atoms with Gasteiger partial charge in [0.05, 0.1) is 5.60 Å². The molecule has 0 amide bonds. The third-order valence-corrected chi connectivity index (χ3v) is 3.95. The first-order valence-corrected chi connectivity index (χ1v) is 7.86. The Morgan fingerprint density at radius 3 is 2.75 bits per heavy atom. The summed E-state index contributed by atoms with van der Waals surface area (Å²) in [6.45, 7) is 3.92. The molecule has 1 aromatic rings. The second kappa shape index (κ2) is 6.83. The van der Waals surface area contributed by atoms with E-state index in [0.717, 1.165) is 29.1 Å². The molecule has 1 aliphatic heterocycles. The first-order chi connectivity index (χ1) is 9.52. The summed E-state index contributed by atoms with van der Waals surface area (Å²) in [6.07, 6.45) is 3.22. The number of likely N-dealkylation sites (N-methyl/N-ethyl adjacent to an activating group) is 1. The maximum Gasteiger partial charge on any atom is 0.133 e. The first kappa shape index (κ1) is 15.7. The molecule has 0 atom stereocenters. The zero-order chi connectivity index (χ0) is 14.6. The van der Waals surface area contributed by atoms with Gasteiger partial charge in [0, 0.05) is 52.1 Å². The molecule has 0 aromatic carbocycles. The van der Waals surface area contributed by atoms with Crippen molar-refractivity contribution >= 4 is 21.7 Å². The van der Waals surface area contributed by atoms with Crippen LogP contribution in [0.1, 0.15) is 32.0 Å². The van der Waals surface area contributed by atoms with Crippen LogP contribution in [0.4, 0.5) is 5.82 Å². The Bertz CT molecular complexity index is 450. The molecule has 1 fully saturated rings. The molecule has 1 N–H and O–H groups in total. The summed E-state index contributed by atoms with van der Waals surface area (Å²) >= 11 is 3.43. The van der Waals surface area contributed by atoms with Crippen LogP contribution < -0.4 is 4.90 Å². The average molecular weight is 344 g/mol. The van der Waals surface area contributed by atoms with Gasteiger partial charge in [-0.2, -0.15) is 0 Å². The number of aromatic nitrogens is 2. The highest BCUT2D eigenvalue weighted by Gasteiger charge is 2.31. The van der Waals surface area contributed by atoms with Crippen LogP contribution in [-0.2, 0) is 11.2 Å². The minimum Gasteiger partial charge on any atom is -0.388 e. The summed E-state index contributed by atoms with van der Waals surface area (Å²) < 4.78 is 6.10. The molecule has 2 heterocycles. The summed E-state index contributed by atoms with van der Waals surface area (Å²) in [4.78, 5) is 10.9. The lowest BCUT2D eigenvalue weighted by Crippen LogP contribution is -2.46. The van der Waals surface area contributed by atoms with E-state index in [1.807, 2.05) is 18.0 Å². The number of anilines is 1. The van der Waals surface area contributed by atoms with Crippen molar-refractivity contribution in [2.24, 2.45) is 0 Å². The second-order valence-electron chi connectivity index (χ2n) is 5.41. The van der Waals surface area contributed by atoms with Crippen molar-refractivity contribution in [1.29, 1.82) is 0 Å². The van der Waals surface area contributed by atoms with Crippen molar-refractivity contribution in [3.05, 3.63) is 16.5 Å². The molecule has 2 rings (SSSR count). The van der Waals surface area contributed by atoms with E-state index < -0.39 is 5.60 Å². The molecule has 1 saturated heterocycles. The van der Waals surface area contributed by atoms with Crippen molar-refractivity contribution in [3.8, 4) is 0 Å². The van der Waals surface area contributed by atoms with Gasteiger partial charge in [-0.3, -0.25) is 0 Å². The van der Waals surface area contributed by atoms with E-state index in [-0.39, 0.29) is 0 Å². The number of ether oxygens (including phenoxy) is 1. The molecule has 1 aromatic heterocycles. The third kappa shape index (κ3) is 4.14. The maximum atomic E-state index is 10.6. The van der Waals surface area contributed by atoms with Gasteiger partial charge >= 0.3 is 0 Å². The summed E-state index contributed by atoms with van der Waals surface area (Å²) in [5.41, 5.74) is -0.685. The number of nitrogens with zero attached hydrogens (tertiary/aromatic N) is 3. The van der Waals surface area contributed by atoms with Crippen LogP contribution in [0.5, 0.6) is 0 Å². The highest BCUT2D eigenvalue weighted by molar-refractivity contribution is 9.10. The van der Waals surface area contributed by atoms with Gasteiger partial charge in [0.1, 0.15) is 16.2 Å². The van der Waals surface area contributed by atoms with Crippen molar-refractivity contribution in [2.45, 2.75) is 38.2 Å². The Hall–Kier alpha value is -0.720. The lowest BCUT2D eigenvalue weighted by molar-refractivity contribution is -0.0573. The number of halogens is 1. The van der Waals surface area contributed by atoms with E-state index >= 15 is 0 Å². The molecule has 6 heteroatoms. The number of hydrogen-bond acceptors (Lipinski definition) is 5. The first-order valence-electron chi connectivity index (χ1n) is 7.07. The van der Waals surface area contributed by atoms with Gasteiger partial charge < -0.3 is 14.7 Å². The number of rotatable bonds is 5. The van der Waals surface area contributed by atoms with Crippen LogP contribution in [0.25, 0.3) is 0 Å². The van der Waals surface area contributed by atoms with E-state index in [1.54, 1.807) is 0 Å². The van der Waals surface area contributed by atoms with Gasteiger partial charge in [-0.15, -0.1) is 0 Å². The van der Waals surface area contributed by atoms with Crippen molar-refractivity contribution in [2.75, 3.05) is 31.7 Å². The summed E-state index contributed by atoms with van der Waals surface area (Å²) in [5, 5.41) is 10.6. The average Bonchev–Trinajstić information content (AvgIpc) is 2.38. The molecule has 0 spiro atoms. The number of aryl methyl sites for hydroxylation is 1. The van der Waals surface area contributed by atoms with Crippen LogP contribution in [0.3, 0.4) is 0 Å². The zero-order valence-electron chi connectivity index (χ0n) is 12.1. The Morgan fingerprint density at radius 1 is 1.40 bits per heavy atom. The maximum absolute atomic E-state index is 10.6. The van der Waals surface area contributed by atoms with E-state index in [2.05, 4.69) is 32.8 Å². The van der Waals surface area contributed by atoms with E-state index in [4.69, 9.17) is 4.74 Å². The second-order valence-corrected chi connectivity index (χ2v) is 6.22. The van der Waals surface area contributed by atoms with Gasteiger partial charge in [0.15, 0.2) is 0 Å². The molecule has 0 unspecified atom stereocenters. The van der Waals surface area contributed by atoms with Crippen LogP contribution >= 0.6 is 15.9 Å². The molecular weight excluding hydrogens is 322 g/mol. The molecule has 112 valence electrons. The summed E-state index contributed by atoms with van der Waals surface area (Å²) in [6, 6.07) is 1.89. The van der Waals surface area contributed by atoms with Crippen molar-refractivity contribution in [1.82, 2.24) is 9.97 Å². The van der Waals surface area contributed by atoms with Crippen LogP contribution in [0, 0.1) is 0 Å². The molecule has 0 bridgehead atoms. The van der Waals surface area contributed by atoms with Gasteiger partial charge in [-0.05, 0) is 22.4 Å². The monoisotopic (exact) mass is 343 g/mol. The molecule has 0 saturated carbocycles. The minimum absolute atomic E-state index is 0.561. The largest absolute Gasteiger partial charge is 0.388 e. The fourth-order valence-corrected chi connectivity index (χ4v) is 2.82. The molecule has 0 radical (unpaired) electrons. The van der Waals surface area contributed by atoms with Gasteiger partial charge in [-0.1, -0.05) is 6.92 Å². The number of hydrogen-bond donors (Lipinski definition) is 1. The van der Waals surface area contributed by atoms with E-state index in [9.17, 15) is 5.11 Å². The standard InChI is InChI=1S/C14H22BrN3O2/c1-3-4-12-16-11(15)9-13(17-12)18(2)10-14(19)5-7-20-8-6-14/h9,19H,3-8,10H2,1-2H3. The van der Waals surface area contributed by atoms with Gasteiger partial charge in [0.2, 0.25) is 0 Å². The predicted octanol–water partition coefficient (Wildman–Crippen LogP) is 2.17. The molecule has 20 heavy (non-hydrogen) atoms.